The van der Waals surface area contributed by atoms with Crippen molar-refractivity contribution in [1.29, 1.82) is 0 Å². The van der Waals surface area contributed by atoms with Gasteiger partial charge < -0.3 is 15.0 Å². The van der Waals surface area contributed by atoms with Gasteiger partial charge in [-0.15, -0.1) is 0 Å². The zero-order chi connectivity index (χ0) is 26.8. The highest BCUT2D eigenvalue weighted by Crippen LogP contribution is 2.25. The molecule has 8 nitrogen and oxygen atoms in total. The summed E-state index contributed by atoms with van der Waals surface area (Å²) in [5, 5.41) is 2.83. The highest BCUT2D eigenvalue weighted by atomic mass is 32.2. The zero-order valence-corrected chi connectivity index (χ0v) is 22.1. The number of amides is 2. The molecule has 0 aliphatic rings. The third kappa shape index (κ3) is 7.10. The lowest BCUT2D eigenvalue weighted by Crippen LogP contribution is -2.51. The largest absolute Gasteiger partial charge is 0.497 e. The van der Waals surface area contributed by atoms with E-state index in [1.165, 1.54) is 24.1 Å². The molecule has 37 heavy (non-hydrogen) atoms. The predicted molar refractivity (Wildman–Crippen MR) is 144 cm³/mol. The zero-order valence-electron chi connectivity index (χ0n) is 21.3. The van der Waals surface area contributed by atoms with Crippen molar-refractivity contribution >= 4 is 27.5 Å². The number of hydrogen-bond donors (Lipinski definition) is 1. The van der Waals surface area contributed by atoms with Crippen LogP contribution in [0.2, 0.25) is 0 Å². The van der Waals surface area contributed by atoms with E-state index in [0.29, 0.717) is 18.0 Å². The van der Waals surface area contributed by atoms with E-state index in [-0.39, 0.29) is 17.3 Å². The van der Waals surface area contributed by atoms with Gasteiger partial charge in [0.15, 0.2) is 0 Å². The van der Waals surface area contributed by atoms with E-state index < -0.39 is 28.5 Å². The number of hydrogen-bond acceptors (Lipinski definition) is 5. The fraction of sp³-hybridized carbons (Fsp3) is 0.286. The van der Waals surface area contributed by atoms with Crippen molar-refractivity contribution in [1.82, 2.24) is 10.2 Å². The Labute approximate surface area is 218 Å². The summed E-state index contributed by atoms with van der Waals surface area (Å²) in [6.45, 7) is 3.76. The molecule has 1 atom stereocenters. The van der Waals surface area contributed by atoms with E-state index in [1.807, 2.05) is 37.3 Å². The minimum atomic E-state index is -4.11. The van der Waals surface area contributed by atoms with Gasteiger partial charge >= 0.3 is 0 Å². The molecule has 9 heteroatoms. The van der Waals surface area contributed by atoms with Crippen molar-refractivity contribution in [3.05, 3.63) is 90.5 Å². The van der Waals surface area contributed by atoms with Crippen LogP contribution in [-0.2, 0) is 26.2 Å². The van der Waals surface area contributed by atoms with Crippen LogP contribution < -0.4 is 14.4 Å². The molecule has 2 amide bonds. The summed E-state index contributed by atoms with van der Waals surface area (Å²) in [6, 6.07) is 22.9. The molecule has 0 aliphatic carbocycles. The quantitative estimate of drug-likeness (QED) is 0.389. The number of methoxy groups -OCH3 is 1. The van der Waals surface area contributed by atoms with E-state index in [9.17, 15) is 18.0 Å². The lowest BCUT2D eigenvalue weighted by atomic mass is 10.1. The summed E-state index contributed by atoms with van der Waals surface area (Å²) < 4.78 is 33.7. The maximum absolute atomic E-state index is 13.7. The standard InChI is InChI=1S/C28H33N3O5S/c1-4-19-29-28(33)22(2)30(20-23-11-7-5-8-12-23)27(32)21-31(24-13-9-6-10-14-24)37(34,35)26-17-15-25(36-3)16-18-26/h5-18,22H,4,19-21H2,1-3H3,(H,29,33)/t22-/m1/s1. The highest BCUT2D eigenvalue weighted by molar-refractivity contribution is 7.92. The molecule has 1 N–H and O–H groups in total. The van der Waals surface area contributed by atoms with Gasteiger partial charge in [-0.3, -0.25) is 13.9 Å². The monoisotopic (exact) mass is 523 g/mol. The van der Waals surface area contributed by atoms with Crippen molar-refractivity contribution in [3.8, 4) is 5.75 Å². The fourth-order valence-corrected chi connectivity index (χ4v) is 5.17. The maximum atomic E-state index is 13.7. The number of ether oxygens (including phenoxy) is 1. The minimum Gasteiger partial charge on any atom is -0.497 e. The molecule has 3 aromatic rings. The second-order valence-electron chi connectivity index (χ2n) is 8.50. The van der Waals surface area contributed by atoms with Gasteiger partial charge in [0, 0.05) is 13.1 Å². The molecule has 0 heterocycles. The van der Waals surface area contributed by atoms with E-state index in [0.717, 1.165) is 16.3 Å². The van der Waals surface area contributed by atoms with Crippen molar-refractivity contribution in [2.75, 3.05) is 24.5 Å². The Morgan fingerprint density at radius 3 is 2.08 bits per heavy atom. The van der Waals surface area contributed by atoms with Crippen LogP contribution in [0.15, 0.2) is 89.8 Å². The lowest BCUT2D eigenvalue weighted by Gasteiger charge is -2.32. The van der Waals surface area contributed by atoms with Gasteiger partial charge in [0.2, 0.25) is 11.8 Å². The highest BCUT2D eigenvalue weighted by Gasteiger charge is 2.32. The van der Waals surface area contributed by atoms with E-state index in [1.54, 1.807) is 49.4 Å². The Morgan fingerprint density at radius 2 is 1.51 bits per heavy atom. The van der Waals surface area contributed by atoms with Crippen LogP contribution in [0.4, 0.5) is 5.69 Å². The Balaban J connectivity index is 1.97. The molecular weight excluding hydrogens is 490 g/mol. The molecule has 0 unspecified atom stereocenters. The van der Waals surface area contributed by atoms with Crippen LogP contribution in [0.5, 0.6) is 5.75 Å². The maximum Gasteiger partial charge on any atom is 0.264 e. The topological polar surface area (TPSA) is 96.0 Å². The first kappa shape index (κ1) is 27.7. The summed E-state index contributed by atoms with van der Waals surface area (Å²) >= 11 is 0. The summed E-state index contributed by atoms with van der Waals surface area (Å²) in [7, 11) is -2.61. The molecule has 3 aromatic carbocycles. The van der Waals surface area contributed by atoms with Crippen LogP contribution in [-0.4, -0.2) is 51.4 Å². The second-order valence-corrected chi connectivity index (χ2v) is 10.4. The van der Waals surface area contributed by atoms with Gasteiger partial charge in [-0.25, -0.2) is 8.42 Å². The van der Waals surface area contributed by atoms with Crippen molar-refractivity contribution in [3.63, 3.8) is 0 Å². The lowest BCUT2D eigenvalue weighted by molar-refractivity contribution is -0.139. The number of nitrogens with zero attached hydrogens (tertiary/aromatic N) is 2. The third-order valence-electron chi connectivity index (χ3n) is 5.88. The minimum absolute atomic E-state index is 0.0216. The van der Waals surface area contributed by atoms with E-state index in [2.05, 4.69) is 5.32 Å². The molecule has 0 radical (unpaired) electrons. The number of rotatable bonds is 12. The van der Waals surface area contributed by atoms with E-state index in [4.69, 9.17) is 4.74 Å². The first-order valence-electron chi connectivity index (χ1n) is 12.1. The SMILES string of the molecule is CCCNC(=O)[C@@H](C)N(Cc1ccccc1)C(=O)CN(c1ccccc1)S(=O)(=O)c1ccc(OC)cc1. The number of para-hydroxylation sites is 1. The molecule has 0 aliphatic heterocycles. The summed E-state index contributed by atoms with van der Waals surface area (Å²) in [4.78, 5) is 28.0. The molecule has 0 saturated heterocycles. The summed E-state index contributed by atoms with van der Waals surface area (Å²) in [5.41, 5.74) is 1.17. The van der Waals surface area contributed by atoms with Gasteiger partial charge in [0.1, 0.15) is 18.3 Å². The van der Waals surface area contributed by atoms with Gasteiger partial charge in [-0.05, 0) is 55.3 Å². The molecular formula is C28H33N3O5S. The first-order valence-corrected chi connectivity index (χ1v) is 13.5. The molecule has 196 valence electrons. The average Bonchev–Trinajstić information content (AvgIpc) is 2.93. The number of sulfonamides is 1. The number of nitrogens with one attached hydrogen (secondary N) is 1. The third-order valence-corrected chi connectivity index (χ3v) is 7.67. The Morgan fingerprint density at radius 1 is 0.919 bits per heavy atom. The Bertz CT molecular complexity index is 1270. The van der Waals surface area contributed by atoms with Crippen LogP contribution >= 0.6 is 0 Å². The predicted octanol–water partition coefficient (Wildman–Crippen LogP) is 3.83. The number of anilines is 1. The smallest absolute Gasteiger partial charge is 0.264 e. The Hall–Kier alpha value is -3.85. The Kier molecular flexibility index (Phi) is 9.68. The average molecular weight is 524 g/mol. The van der Waals surface area contributed by atoms with Gasteiger partial charge in [0.05, 0.1) is 17.7 Å². The molecule has 0 saturated carbocycles. The second kappa shape index (κ2) is 12.9. The molecule has 0 spiro atoms. The van der Waals surface area contributed by atoms with Gasteiger partial charge in [0.25, 0.3) is 10.0 Å². The van der Waals surface area contributed by atoms with Crippen molar-refractivity contribution in [2.45, 2.75) is 37.8 Å². The summed E-state index contributed by atoms with van der Waals surface area (Å²) in [6.07, 6.45) is 0.757. The number of carbonyl (C=O) groups excluding carboxylic acids is 2. The van der Waals surface area contributed by atoms with Gasteiger partial charge in [-0.2, -0.15) is 0 Å². The van der Waals surface area contributed by atoms with Crippen molar-refractivity contribution in [2.24, 2.45) is 0 Å². The van der Waals surface area contributed by atoms with Crippen LogP contribution in [0.1, 0.15) is 25.8 Å². The first-order chi connectivity index (χ1) is 17.8. The molecule has 3 rings (SSSR count). The van der Waals surface area contributed by atoms with Crippen LogP contribution in [0.3, 0.4) is 0 Å². The number of benzene rings is 3. The van der Waals surface area contributed by atoms with Crippen molar-refractivity contribution < 1.29 is 22.7 Å². The fourth-order valence-electron chi connectivity index (χ4n) is 3.76. The van der Waals surface area contributed by atoms with Gasteiger partial charge in [-0.1, -0.05) is 55.5 Å². The molecule has 0 fully saturated rings. The van der Waals surface area contributed by atoms with E-state index >= 15 is 0 Å². The normalized spacial score (nSPS) is 11.9. The van der Waals surface area contributed by atoms with Crippen LogP contribution in [0.25, 0.3) is 0 Å². The molecule has 0 aromatic heterocycles. The molecule has 0 bridgehead atoms. The van der Waals surface area contributed by atoms with Crippen LogP contribution in [0, 0.1) is 0 Å². The number of carbonyl (C=O) groups is 2. The summed E-state index contributed by atoms with van der Waals surface area (Å²) in [5.74, 6) is -0.276.